The molecule has 0 radical (unpaired) electrons. The largest absolute Gasteiger partial charge is 0.271 e. The minimum atomic E-state index is 0.0900. The van der Waals surface area contributed by atoms with Gasteiger partial charge in [-0.3, -0.25) is 11.3 Å². The lowest BCUT2D eigenvalue weighted by Crippen LogP contribution is -2.28. The van der Waals surface area contributed by atoms with Crippen molar-refractivity contribution in [3.8, 4) is 0 Å². The monoisotopic (exact) mass is 292 g/mol. The van der Waals surface area contributed by atoms with Gasteiger partial charge in [0.15, 0.2) is 0 Å². The molecule has 16 heavy (non-hydrogen) atoms. The topological polar surface area (TPSA) is 38.0 Å². The molecule has 0 fully saturated rings. The summed E-state index contributed by atoms with van der Waals surface area (Å²) in [6.45, 7) is 0. The molecular formula is C10H10Cl2N2S2. The van der Waals surface area contributed by atoms with E-state index in [0.29, 0.717) is 0 Å². The Bertz CT molecular complexity index is 467. The molecule has 0 bridgehead atoms. The smallest absolute Gasteiger partial charge is 0.0931 e. The summed E-state index contributed by atoms with van der Waals surface area (Å²) in [5, 5.41) is 0. The van der Waals surface area contributed by atoms with Crippen molar-refractivity contribution < 1.29 is 0 Å². The third-order valence-electron chi connectivity index (χ3n) is 2.17. The maximum absolute atomic E-state index is 5.90. The molecule has 0 spiro atoms. The fourth-order valence-corrected chi connectivity index (χ4v) is 3.67. The molecule has 0 aromatic carbocycles. The molecule has 2 heterocycles. The molecule has 2 aromatic heterocycles. The van der Waals surface area contributed by atoms with E-state index >= 15 is 0 Å². The zero-order valence-electron chi connectivity index (χ0n) is 8.24. The van der Waals surface area contributed by atoms with Gasteiger partial charge in [-0.05, 0) is 24.3 Å². The van der Waals surface area contributed by atoms with Gasteiger partial charge in [0.05, 0.1) is 14.7 Å². The van der Waals surface area contributed by atoms with Crippen molar-refractivity contribution in [1.29, 1.82) is 0 Å². The van der Waals surface area contributed by atoms with Gasteiger partial charge in [0.25, 0.3) is 0 Å². The molecule has 6 heteroatoms. The van der Waals surface area contributed by atoms with Crippen molar-refractivity contribution in [2.75, 3.05) is 0 Å². The first-order valence-corrected chi connectivity index (χ1v) is 7.03. The molecule has 1 atom stereocenters. The van der Waals surface area contributed by atoms with Crippen molar-refractivity contribution in [3.05, 3.63) is 42.7 Å². The molecule has 2 rings (SSSR count). The maximum atomic E-state index is 5.90. The van der Waals surface area contributed by atoms with Gasteiger partial charge in [-0.25, -0.2) is 0 Å². The molecule has 1 unspecified atom stereocenters. The molecule has 0 saturated heterocycles. The Morgan fingerprint density at radius 2 is 1.81 bits per heavy atom. The van der Waals surface area contributed by atoms with Crippen LogP contribution in [0.3, 0.4) is 0 Å². The van der Waals surface area contributed by atoms with E-state index < -0.39 is 0 Å². The van der Waals surface area contributed by atoms with Crippen LogP contribution in [0.25, 0.3) is 0 Å². The summed E-state index contributed by atoms with van der Waals surface area (Å²) in [6.07, 6.45) is 0.824. The number of hydrazine groups is 1. The number of hydrogen-bond acceptors (Lipinski definition) is 4. The van der Waals surface area contributed by atoms with Crippen LogP contribution in [0.15, 0.2) is 24.3 Å². The highest BCUT2D eigenvalue weighted by molar-refractivity contribution is 7.16. The average Bonchev–Trinajstić information content (AvgIpc) is 2.84. The van der Waals surface area contributed by atoms with Crippen molar-refractivity contribution in [3.63, 3.8) is 0 Å². The lowest BCUT2D eigenvalue weighted by Gasteiger charge is -2.12. The van der Waals surface area contributed by atoms with Crippen LogP contribution < -0.4 is 11.3 Å². The summed E-state index contributed by atoms with van der Waals surface area (Å²) in [7, 11) is 0. The number of nitrogens with one attached hydrogen (secondary N) is 1. The van der Waals surface area contributed by atoms with Crippen LogP contribution in [0, 0.1) is 0 Å². The van der Waals surface area contributed by atoms with Crippen LogP contribution in [-0.2, 0) is 6.42 Å². The van der Waals surface area contributed by atoms with E-state index in [1.54, 1.807) is 22.7 Å². The van der Waals surface area contributed by atoms with Crippen LogP contribution >= 0.6 is 45.9 Å². The Balaban J connectivity index is 2.12. The average molecular weight is 293 g/mol. The van der Waals surface area contributed by atoms with Crippen LogP contribution in [0.2, 0.25) is 8.67 Å². The number of thiophene rings is 2. The summed E-state index contributed by atoms with van der Waals surface area (Å²) in [6, 6.07) is 7.88. The van der Waals surface area contributed by atoms with Gasteiger partial charge in [0, 0.05) is 16.2 Å². The highest BCUT2D eigenvalue weighted by atomic mass is 35.5. The Hall–Kier alpha value is -0.100. The molecule has 86 valence electrons. The molecule has 0 aliphatic rings. The fraction of sp³-hybridized carbons (Fsp3) is 0.200. The SMILES string of the molecule is NNC(Cc1ccc(Cl)s1)c1ccc(Cl)s1. The first-order chi connectivity index (χ1) is 7.69. The number of hydrogen-bond donors (Lipinski definition) is 2. The molecule has 2 nitrogen and oxygen atoms in total. The van der Waals surface area contributed by atoms with Crippen molar-refractivity contribution in [2.24, 2.45) is 5.84 Å². The van der Waals surface area contributed by atoms with E-state index in [-0.39, 0.29) is 6.04 Å². The third kappa shape index (κ3) is 2.97. The number of halogens is 2. The Morgan fingerprint density at radius 3 is 2.31 bits per heavy atom. The van der Waals surface area contributed by atoms with E-state index in [9.17, 15) is 0 Å². The quantitative estimate of drug-likeness (QED) is 0.663. The van der Waals surface area contributed by atoms with Crippen molar-refractivity contribution in [1.82, 2.24) is 5.43 Å². The lowest BCUT2D eigenvalue weighted by atomic mass is 10.1. The Labute approximate surface area is 112 Å². The van der Waals surface area contributed by atoms with E-state index in [2.05, 4.69) is 5.43 Å². The summed E-state index contributed by atoms with van der Waals surface area (Å²) in [5.41, 5.74) is 2.80. The minimum absolute atomic E-state index is 0.0900. The Morgan fingerprint density at radius 1 is 1.12 bits per heavy atom. The minimum Gasteiger partial charge on any atom is -0.271 e. The molecular weight excluding hydrogens is 283 g/mol. The Kier molecular flexibility index (Phi) is 4.24. The summed E-state index contributed by atoms with van der Waals surface area (Å²) in [5.74, 6) is 5.55. The van der Waals surface area contributed by atoms with E-state index in [4.69, 9.17) is 29.0 Å². The highest BCUT2D eigenvalue weighted by Gasteiger charge is 2.13. The molecule has 0 aliphatic carbocycles. The predicted molar refractivity (Wildman–Crippen MR) is 72.4 cm³/mol. The molecule has 2 aromatic rings. The summed E-state index contributed by atoms with van der Waals surface area (Å²) >= 11 is 14.9. The van der Waals surface area contributed by atoms with Crippen LogP contribution in [0.1, 0.15) is 15.8 Å². The summed E-state index contributed by atoms with van der Waals surface area (Å²) < 4.78 is 1.58. The standard InChI is InChI=1S/C10H10Cl2N2S2/c11-9-3-1-6(15-9)5-7(14-13)8-2-4-10(12)16-8/h1-4,7,14H,5,13H2. The second-order valence-corrected chi connectivity index (χ2v) is 6.82. The second-order valence-electron chi connectivity index (χ2n) is 3.27. The van der Waals surface area contributed by atoms with Gasteiger partial charge in [-0.15, -0.1) is 22.7 Å². The van der Waals surface area contributed by atoms with Gasteiger partial charge in [-0.2, -0.15) is 0 Å². The molecule has 0 aliphatic heterocycles. The molecule has 0 amide bonds. The van der Waals surface area contributed by atoms with Gasteiger partial charge >= 0.3 is 0 Å². The first kappa shape index (κ1) is 12.4. The second kappa shape index (κ2) is 5.49. The lowest BCUT2D eigenvalue weighted by molar-refractivity contribution is 0.564. The van der Waals surface area contributed by atoms with Crippen LogP contribution in [0.5, 0.6) is 0 Å². The normalized spacial score (nSPS) is 12.9. The van der Waals surface area contributed by atoms with E-state index in [0.717, 1.165) is 20.0 Å². The van der Waals surface area contributed by atoms with Gasteiger partial charge in [-0.1, -0.05) is 23.2 Å². The van der Waals surface area contributed by atoms with E-state index in [1.165, 1.54) is 4.88 Å². The van der Waals surface area contributed by atoms with Crippen molar-refractivity contribution >= 4 is 45.9 Å². The van der Waals surface area contributed by atoms with Crippen molar-refractivity contribution in [2.45, 2.75) is 12.5 Å². The van der Waals surface area contributed by atoms with Gasteiger partial charge in [0.1, 0.15) is 0 Å². The number of rotatable bonds is 4. The zero-order chi connectivity index (χ0) is 11.5. The third-order valence-corrected chi connectivity index (χ3v) is 4.77. The summed E-state index contributed by atoms with van der Waals surface area (Å²) in [4.78, 5) is 2.34. The maximum Gasteiger partial charge on any atom is 0.0931 e. The zero-order valence-corrected chi connectivity index (χ0v) is 11.4. The van der Waals surface area contributed by atoms with Crippen LogP contribution in [0.4, 0.5) is 0 Å². The van der Waals surface area contributed by atoms with Gasteiger partial charge in [0.2, 0.25) is 0 Å². The fourth-order valence-electron chi connectivity index (χ4n) is 1.42. The molecule has 0 saturated carbocycles. The van der Waals surface area contributed by atoms with Crippen LogP contribution in [-0.4, -0.2) is 0 Å². The van der Waals surface area contributed by atoms with E-state index in [1.807, 2.05) is 24.3 Å². The molecule has 3 N–H and O–H groups in total. The predicted octanol–water partition coefficient (Wildman–Crippen LogP) is 3.86. The van der Waals surface area contributed by atoms with Gasteiger partial charge < -0.3 is 0 Å². The highest BCUT2D eigenvalue weighted by Crippen LogP contribution is 2.31. The number of nitrogens with two attached hydrogens (primary N) is 1. The first-order valence-electron chi connectivity index (χ1n) is 4.64.